The molecule has 34 heavy (non-hydrogen) atoms. The molecule has 2 aromatic carbocycles. The molecule has 0 aromatic heterocycles. The standard InChI is InChI=1S/C27H32IO6/c1-16(2)20-13-27(22-11-17(7-9-19(20)22)33-14-24(29)31-5)15-26(3,4)21-10-8-18(12-23(21)27)34-28-25(30)32-6/h7-12,16,20H,13-15H2,1-6H3/q-1. The zero-order valence-electron chi connectivity index (χ0n) is 20.6. The first-order valence-electron chi connectivity index (χ1n) is 11.5. The van der Waals surface area contributed by atoms with Gasteiger partial charge in [-0.2, -0.15) is 0 Å². The number of ether oxygens (including phenoxy) is 3. The van der Waals surface area contributed by atoms with Gasteiger partial charge in [-0.05, 0) is 0 Å². The van der Waals surface area contributed by atoms with E-state index >= 15 is 0 Å². The van der Waals surface area contributed by atoms with E-state index in [2.05, 4.69) is 52.0 Å². The zero-order chi connectivity index (χ0) is 24.7. The van der Waals surface area contributed by atoms with Gasteiger partial charge in [0.1, 0.15) is 0 Å². The summed E-state index contributed by atoms with van der Waals surface area (Å²) in [5.41, 5.74) is 4.98. The van der Waals surface area contributed by atoms with Crippen molar-refractivity contribution in [2.24, 2.45) is 5.92 Å². The summed E-state index contributed by atoms with van der Waals surface area (Å²) in [5.74, 6) is 1.87. The van der Waals surface area contributed by atoms with Crippen molar-refractivity contribution >= 4 is 9.95 Å². The van der Waals surface area contributed by atoms with E-state index in [1.165, 1.54) is 36.5 Å². The Balaban J connectivity index is 1.80. The summed E-state index contributed by atoms with van der Waals surface area (Å²) >= 11 is -1.19. The van der Waals surface area contributed by atoms with Gasteiger partial charge in [0.15, 0.2) is 0 Å². The van der Waals surface area contributed by atoms with Crippen molar-refractivity contribution in [3.63, 3.8) is 0 Å². The van der Waals surface area contributed by atoms with Crippen LogP contribution in [0.5, 0.6) is 11.5 Å². The summed E-state index contributed by atoms with van der Waals surface area (Å²) in [4.78, 5) is 23.3. The molecule has 0 bridgehead atoms. The van der Waals surface area contributed by atoms with Gasteiger partial charge in [-0.15, -0.1) is 0 Å². The molecule has 0 saturated heterocycles. The van der Waals surface area contributed by atoms with Crippen LogP contribution >= 0.6 is 0 Å². The number of rotatable bonds is 7. The number of hydrogen-bond acceptors (Lipinski definition) is 6. The van der Waals surface area contributed by atoms with E-state index in [4.69, 9.17) is 17.3 Å². The SMILES string of the molecule is COC(=O)COc1ccc2c(c1)C1(CC2C(C)C)CC(C)(C)c2ccc(O[I-]C(=O)OC)cc21. The second kappa shape index (κ2) is 9.40. The number of carbonyl (C=O) groups is 2. The number of halogens is 1. The van der Waals surface area contributed by atoms with Crippen molar-refractivity contribution in [3.05, 3.63) is 58.7 Å². The van der Waals surface area contributed by atoms with E-state index in [0.29, 0.717) is 23.3 Å². The average molecular weight is 579 g/mol. The molecule has 2 unspecified atom stereocenters. The van der Waals surface area contributed by atoms with Gasteiger partial charge in [0.05, 0.1) is 7.11 Å². The molecule has 4 rings (SSSR count). The molecule has 2 aliphatic carbocycles. The molecule has 7 heteroatoms. The van der Waals surface area contributed by atoms with Crippen molar-refractivity contribution in [3.8, 4) is 11.5 Å². The molecule has 184 valence electrons. The van der Waals surface area contributed by atoms with Crippen LogP contribution < -0.4 is 29.4 Å². The molecule has 0 radical (unpaired) electrons. The molecule has 0 fully saturated rings. The number of esters is 1. The van der Waals surface area contributed by atoms with Crippen LogP contribution in [-0.4, -0.2) is 30.8 Å². The third-order valence-corrected chi connectivity index (χ3v) is 8.76. The Kier molecular flexibility index (Phi) is 6.86. The first-order valence-corrected chi connectivity index (χ1v) is 13.5. The Morgan fingerprint density at radius 2 is 1.71 bits per heavy atom. The summed E-state index contributed by atoms with van der Waals surface area (Å²) in [5, 5.41) is 0. The minimum atomic E-state index is -1.19. The van der Waals surface area contributed by atoms with Gasteiger partial charge in [0, 0.05) is 0 Å². The van der Waals surface area contributed by atoms with Crippen LogP contribution in [0.25, 0.3) is 0 Å². The topological polar surface area (TPSA) is 71.1 Å². The van der Waals surface area contributed by atoms with Gasteiger partial charge in [-0.3, -0.25) is 0 Å². The fourth-order valence-corrected chi connectivity index (χ4v) is 6.67. The van der Waals surface area contributed by atoms with Crippen LogP contribution in [-0.2, 0) is 25.1 Å². The Hall–Kier alpha value is -2.29. The van der Waals surface area contributed by atoms with Gasteiger partial charge < -0.3 is 0 Å². The number of hydrogen-bond donors (Lipinski definition) is 0. The van der Waals surface area contributed by atoms with Crippen LogP contribution in [0.4, 0.5) is 4.79 Å². The first-order chi connectivity index (χ1) is 16.1. The summed E-state index contributed by atoms with van der Waals surface area (Å²) < 4.78 is 20.9. The Morgan fingerprint density at radius 1 is 1.00 bits per heavy atom. The van der Waals surface area contributed by atoms with Crippen molar-refractivity contribution in [1.29, 1.82) is 0 Å². The number of benzene rings is 2. The quantitative estimate of drug-likeness (QED) is 0.286. The Morgan fingerprint density at radius 3 is 2.38 bits per heavy atom. The van der Waals surface area contributed by atoms with Crippen LogP contribution in [0.3, 0.4) is 0 Å². The molecular formula is C27H32IO6-. The predicted octanol–water partition coefficient (Wildman–Crippen LogP) is 2.50. The fourth-order valence-electron chi connectivity index (χ4n) is 5.79. The molecule has 0 heterocycles. The molecule has 2 atom stereocenters. The van der Waals surface area contributed by atoms with Gasteiger partial charge >= 0.3 is 206 Å². The van der Waals surface area contributed by atoms with Crippen LogP contribution in [0, 0.1) is 5.92 Å². The summed E-state index contributed by atoms with van der Waals surface area (Å²) in [7, 11) is 2.74. The van der Waals surface area contributed by atoms with Gasteiger partial charge in [-0.25, -0.2) is 0 Å². The van der Waals surface area contributed by atoms with Crippen LogP contribution in [0.2, 0.25) is 0 Å². The van der Waals surface area contributed by atoms with E-state index in [-0.39, 0.29) is 21.4 Å². The van der Waals surface area contributed by atoms with Crippen LogP contribution in [0.1, 0.15) is 68.7 Å². The van der Waals surface area contributed by atoms with Gasteiger partial charge in [-0.1, -0.05) is 0 Å². The molecule has 1 spiro atoms. The molecule has 2 aromatic rings. The summed E-state index contributed by atoms with van der Waals surface area (Å²) in [6.07, 6.45) is 1.98. The molecule has 2 aliphatic rings. The van der Waals surface area contributed by atoms with Crippen molar-refractivity contribution in [2.45, 2.75) is 57.3 Å². The molecule has 0 amide bonds. The Labute approximate surface area is 212 Å². The fraction of sp³-hybridized carbons (Fsp3) is 0.481. The Bertz CT molecular complexity index is 1110. The van der Waals surface area contributed by atoms with Crippen molar-refractivity contribution in [1.82, 2.24) is 0 Å². The van der Waals surface area contributed by atoms with E-state index in [1.807, 2.05) is 12.1 Å². The zero-order valence-corrected chi connectivity index (χ0v) is 22.7. The van der Waals surface area contributed by atoms with Crippen molar-refractivity contribution in [2.75, 3.05) is 20.8 Å². The van der Waals surface area contributed by atoms with Crippen LogP contribution in [0.15, 0.2) is 36.4 Å². The van der Waals surface area contributed by atoms with E-state index in [9.17, 15) is 9.59 Å². The monoisotopic (exact) mass is 579 g/mol. The second-order valence-corrected chi connectivity index (χ2v) is 11.9. The number of methoxy groups -OCH3 is 2. The van der Waals surface area contributed by atoms with Gasteiger partial charge in [0.25, 0.3) is 0 Å². The summed E-state index contributed by atoms with van der Waals surface area (Å²) in [6, 6.07) is 12.5. The second-order valence-electron chi connectivity index (χ2n) is 10.1. The molecular weight excluding hydrogens is 547 g/mol. The van der Waals surface area contributed by atoms with Gasteiger partial charge in [0.2, 0.25) is 0 Å². The minimum absolute atomic E-state index is 0.0166. The number of carbonyl (C=O) groups excluding carboxylic acids is 2. The number of fused-ring (bicyclic) bond motifs is 4. The van der Waals surface area contributed by atoms with E-state index in [0.717, 1.165) is 12.8 Å². The predicted molar refractivity (Wildman–Crippen MR) is 124 cm³/mol. The third kappa shape index (κ3) is 4.39. The first kappa shape index (κ1) is 24.8. The molecule has 0 aliphatic heterocycles. The molecule has 0 saturated carbocycles. The van der Waals surface area contributed by atoms with Crippen molar-refractivity contribution < 1.29 is 48.5 Å². The summed E-state index contributed by atoms with van der Waals surface area (Å²) in [6.45, 7) is 9.02. The normalized spacial score (nSPS) is 21.9. The third-order valence-electron chi connectivity index (χ3n) is 7.23. The average Bonchev–Trinajstić information content (AvgIpc) is 3.26. The molecule has 6 nitrogen and oxygen atoms in total. The molecule has 0 N–H and O–H groups in total. The van der Waals surface area contributed by atoms with E-state index < -0.39 is 27.6 Å². The van der Waals surface area contributed by atoms with E-state index in [1.54, 1.807) is 0 Å². The maximum absolute atomic E-state index is 11.7. The maximum atomic E-state index is 11.7.